The topological polar surface area (TPSA) is 514 Å². The average molecular weight is 1100 g/mol. The summed E-state index contributed by atoms with van der Waals surface area (Å²) in [6.07, 6.45) is 6.06. The molecule has 36 heteroatoms. The van der Waals surface area contributed by atoms with Gasteiger partial charge in [-0.05, 0) is 13.0 Å². The lowest BCUT2D eigenvalue weighted by Crippen LogP contribution is -2.57. The Kier molecular flexibility index (Phi) is 19.3. The molecule has 6 heterocycles. The first-order valence-electron chi connectivity index (χ1n) is 23.8. The van der Waals surface area contributed by atoms with Crippen molar-refractivity contribution in [2.75, 3.05) is 95.7 Å². The molecule has 6 aromatic heterocycles. The number of quaternary nitrogens is 1. The van der Waals surface area contributed by atoms with Crippen molar-refractivity contribution in [3.8, 4) is 0 Å². The van der Waals surface area contributed by atoms with Gasteiger partial charge in [-0.3, -0.25) is 67.0 Å². The van der Waals surface area contributed by atoms with Gasteiger partial charge in [-0.1, -0.05) is 0 Å². The highest BCUT2D eigenvalue weighted by Crippen LogP contribution is 2.14. The Bertz CT molecular complexity index is 3530. The van der Waals surface area contributed by atoms with E-state index in [1.54, 1.807) is 0 Å². The molecule has 0 bridgehead atoms. The highest BCUT2D eigenvalue weighted by atomic mass is 16.2. The molecule has 0 atom stereocenters. The zero-order valence-corrected chi connectivity index (χ0v) is 42.5. The smallest absolute Gasteiger partial charge is 0.349 e. The third-order valence-electron chi connectivity index (χ3n) is 11.5. The molecule has 420 valence electrons. The molecule has 0 fully saturated rings. The van der Waals surface area contributed by atoms with Crippen molar-refractivity contribution in [1.29, 1.82) is 0 Å². The lowest BCUT2D eigenvalue weighted by atomic mass is 10.3. The van der Waals surface area contributed by atoms with Crippen molar-refractivity contribution >= 4 is 87.2 Å². The summed E-state index contributed by atoms with van der Waals surface area (Å²) in [5.74, 6) is -6.12. The van der Waals surface area contributed by atoms with Crippen LogP contribution in [-0.4, -0.2) is 204 Å². The minimum Gasteiger partial charge on any atom is -0.383 e. The fraction of sp³-hybridized carbons (Fsp3) is 0.395. The number of aromatic nitrogens is 12. The van der Waals surface area contributed by atoms with Gasteiger partial charge in [0.2, 0.25) is 53.2 Å². The maximum absolute atomic E-state index is 13.9. The Hall–Kier alpha value is -10.4. The van der Waals surface area contributed by atoms with E-state index in [9.17, 15) is 57.5 Å². The zero-order valence-electron chi connectivity index (χ0n) is 42.5. The molecular weight excluding hydrogens is 1040 g/mol. The van der Waals surface area contributed by atoms with E-state index in [1.165, 1.54) is 53.5 Å². The Morgan fingerprint density at radius 1 is 0.595 bits per heavy atom. The van der Waals surface area contributed by atoms with E-state index < -0.39 is 122 Å². The molecule has 0 spiro atoms. The average Bonchev–Trinajstić information content (AvgIpc) is 4.03. The quantitative estimate of drug-likeness (QED) is 0.0229. The molecule has 0 radical (unpaired) electrons. The normalized spacial score (nSPS) is 11.0. The van der Waals surface area contributed by atoms with Crippen LogP contribution in [0.4, 0.5) is 17.6 Å². The standard InChI is InChI=1S/C43H56N24O12/c1-24-12-65(43(79)59-39(24)76)18-31(73)60(8-3-44)14-27(69)50-5-10-62(30(72)17-64-7-2-25(45)56-42(64)78)15-28(70)51-6-11-63(33(75)19-66-22-54-34-36(47)52-21-53-37(34)66)16-29(71)49-4-9-61(13-26(46)68)32(74)20-67-23-55-35-38(67)57-41(48)58-40(35)77/h2,7,12,21-23H,3-6,8-11,13-20,44H2,1H3,(H2,46,68)(H,49,71)(H,50,69)(H,51,70)(H2,45,56,78)(H2,47,52,53)(H,59,76,79)(H3,48,57,58,77)/p+1. The van der Waals surface area contributed by atoms with Crippen molar-refractivity contribution in [2.24, 2.45) is 5.73 Å². The number of nitrogens with one attached hydrogen (secondary N) is 5. The molecule has 6 aromatic rings. The third-order valence-corrected chi connectivity index (χ3v) is 11.5. The van der Waals surface area contributed by atoms with E-state index in [4.69, 9.17) is 22.9 Å². The number of carbonyl (C=O) groups is 8. The number of hydrogen-bond donors (Lipinski definition) is 10. The Morgan fingerprint density at radius 3 is 1.62 bits per heavy atom. The minimum atomic E-state index is -0.879. The van der Waals surface area contributed by atoms with Crippen LogP contribution in [0.2, 0.25) is 0 Å². The van der Waals surface area contributed by atoms with Gasteiger partial charge in [0.05, 0.1) is 51.9 Å². The van der Waals surface area contributed by atoms with E-state index in [2.05, 4.69) is 61.6 Å². The highest BCUT2D eigenvalue weighted by molar-refractivity contribution is 5.88. The number of aromatic amines is 2. The number of aryl methyl sites for hydroxylation is 1. The van der Waals surface area contributed by atoms with Gasteiger partial charge < -0.3 is 73.4 Å². The van der Waals surface area contributed by atoms with Crippen LogP contribution in [0.5, 0.6) is 0 Å². The van der Waals surface area contributed by atoms with Crippen molar-refractivity contribution in [1.82, 2.24) is 93.7 Å². The number of amides is 8. The van der Waals surface area contributed by atoms with Gasteiger partial charge in [0.1, 0.15) is 43.8 Å². The third kappa shape index (κ3) is 15.8. The number of fused-ring (bicyclic) bond motifs is 2. The number of nitrogens with zero attached hydrogens (tertiary/aromatic N) is 14. The van der Waals surface area contributed by atoms with Crippen molar-refractivity contribution in [3.63, 3.8) is 0 Å². The second kappa shape index (κ2) is 26.4. The number of anilines is 3. The number of primary amides is 1. The molecule has 8 amide bonds. The van der Waals surface area contributed by atoms with Crippen molar-refractivity contribution in [3.05, 3.63) is 84.7 Å². The van der Waals surface area contributed by atoms with Gasteiger partial charge in [0, 0.05) is 57.2 Å². The number of imidazole rings is 2. The fourth-order valence-electron chi connectivity index (χ4n) is 7.61. The molecule has 79 heavy (non-hydrogen) atoms. The van der Waals surface area contributed by atoms with Crippen LogP contribution in [0.15, 0.2) is 56.6 Å². The molecular formula is C43H57N24O12+. The van der Waals surface area contributed by atoms with Crippen molar-refractivity contribution < 1.29 is 44.1 Å². The summed E-state index contributed by atoms with van der Waals surface area (Å²) in [5.41, 5.74) is 23.9. The second-order valence-corrected chi connectivity index (χ2v) is 17.4. The maximum Gasteiger partial charge on any atom is 0.349 e. The Labute approximate surface area is 443 Å². The van der Waals surface area contributed by atoms with Crippen LogP contribution in [-0.2, 0) is 64.5 Å². The van der Waals surface area contributed by atoms with Crippen LogP contribution in [0.3, 0.4) is 0 Å². The number of hydrogen-bond acceptors (Lipinski definition) is 21. The molecule has 16 N–H and O–H groups in total. The first-order valence-corrected chi connectivity index (χ1v) is 23.8. The lowest BCUT2D eigenvalue weighted by molar-refractivity contribution is -0.368. The lowest BCUT2D eigenvalue weighted by Gasteiger charge is -2.25. The Balaban J connectivity index is 1.10. The molecule has 0 unspecified atom stereocenters. The van der Waals surface area contributed by atoms with E-state index in [0.29, 0.717) is 0 Å². The van der Waals surface area contributed by atoms with Gasteiger partial charge in [-0.15, -0.1) is 0 Å². The number of nitrogen functional groups attached to an aromatic ring is 3. The molecule has 0 saturated heterocycles. The van der Waals surface area contributed by atoms with Gasteiger partial charge in [-0.25, -0.2) is 29.5 Å². The van der Waals surface area contributed by atoms with E-state index in [0.717, 1.165) is 28.7 Å². The summed E-state index contributed by atoms with van der Waals surface area (Å²) in [4.78, 5) is 188. The summed E-state index contributed by atoms with van der Waals surface area (Å²) in [5, 5.41) is 7.75. The van der Waals surface area contributed by atoms with E-state index in [1.807, 2.05) is 0 Å². The van der Waals surface area contributed by atoms with Gasteiger partial charge in [-0.2, -0.15) is 9.97 Å². The van der Waals surface area contributed by atoms with Crippen LogP contribution in [0.1, 0.15) is 5.56 Å². The van der Waals surface area contributed by atoms with E-state index >= 15 is 0 Å². The van der Waals surface area contributed by atoms with Gasteiger partial charge in [0.25, 0.3) is 11.1 Å². The van der Waals surface area contributed by atoms with Crippen LogP contribution in [0.25, 0.3) is 22.3 Å². The minimum absolute atomic E-state index is 0.000890. The van der Waals surface area contributed by atoms with Crippen molar-refractivity contribution in [2.45, 2.75) is 33.1 Å². The predicted molar refractivity (Wildman–Crippen MR) is 274 cm³/mol. The molecule has 6 rings (SSSR count). The fourth-order valence-corrected chi connectivity index (χ4v) is 7.61. The monoisotopic (exact) mass is 1100 g/mol. The van der Waals surface area contributed by atoms with Crippen LogP contribution < -0.4 is 67.1 Å². The summed E-state index contributed by atoms with van der Waals surface area (Å²) < 4.78 is 4.52. The van der Waals surface area contributed by atoms with E-state index in [-0.39, 0.29) is 97.8 Å². The number of carbonyl (C=O) groups excluding carboxylic acids is 8. The SMILES string of the molecule is Cc1cn(CC(=O)N(CC[NH3+])CC(=O)NCCN(CC(=O)NCCN(CC(=O)NCCN(CC(N)=O)C(=O)Cn2cnc3c(=O)[nH]c(N)nc32)C(=O)Cn2cnc3c(N)ncnc32)C(=O)Cn2ccc(N)nc2=O)c(=O)[nH]c1=O. The largest absolute Gasteiger partial charge is 0.383 e. The summed E-state index contributed by atoms with van der Waals surface area (Å²) in [6.45, 7) is -4.29. The molecule has 0 aromatic carbocycles. The second-order valence-electron chi connectivity index (χ2n) is 17.4. The van der Waals surface area contributed by atoms with Gasteiger partial charge >= 0.3 is 11.4 Å². The zero-order chi connectivity index (χ0) is 57.5. The first kappa shape index (κ1) is 57.9. The van der Waals surface area contributed by atoms with Gasteiger partial charge in [0.15, 0.2) is 22.6 Å². The molecule has 36 nitrogen and oxygen atoms in total. The summed E-state index contributed by atoms with van der Waals surface area (Å²) in [6, 6.07) is 1.28. The number of rotatable bonds is 27. The summed E-state index contributed by atoms with van der Waals surface area (Å²) in [7, 11) is 0. The number of H-pyrrole nitrogens is 2. The first-order chi connectivity index (χ1) is 37.6. The number of nitrogens with two attached hydrogens (primary N) is 4. The maximum atomic E-state index is 13.9. The molecule has 0 aliphatic carbocycles. The van der Waals surface area contributed by atoms with Crippen LogP contribution >= 0.6 is 0 Å². The molecule has 0 aliphatic heterocycles. The molecule has 0 aliphatic rings. The Morgan fingerprint density at radius 2 is 1.09 bits per heavy atom. The molecule has 0 saturated carbocycles. The predicted octanol–water partition coefficient (Wildman–Crippen LogP) is -9.79. The summed E-state index contributed by atoms with van der Waals surface area (Å²) >= 11 is 0. The highest BCUT2D eigenvalue weighted by Gasteiger charge is 2.25. The van der Waals surface area contributed by atoms with Crippen LogP contribution in [0, 0.1) is 6.92 Å².